The molecule has 1 saturated heterocycles. The summed E-state index contributed by atoms with van der Waals surface area (Å²) < 4.78 is 13.5. The number of halogens is 1. The average Bonchev–Trinajstić information content (AvgIpc) is 3.40. The monoisotopic (exact) mass is 428 g/mol. The van der Waals surface area contributed by atoms with Crippen molar-refractivity contribution in [2.24, 2.45) is 0 Å². The number of hydrogen-bond donors (Lipinski definition) is 2. The maximum Gasteiger partial charge on any atom is 0.279 e. The number of imidazole rings is 1. The van der Waals surface area contributed by atoms with Crippen molar-refractivity contribution in [2.45, 2.75) is 26.4 Å². The summed E-state index contributed by atoms with van der Waals surface area (Å²) >= 11 is 1.50. The number of aromatic nitrogens is 3. The number of nitrogens with one attached hydrogen (secondary N) is 2. The van der Waals surface area contributed by atoms with Crippen molar-refractivity contribution in [2.75, 3.05) is 31.1 Å². The molecule has 1 fully saturated rings. The maximum atomic E-state index is 13.6. The Kier molecular flexibility index (Phi) is 6.21. The minimum Gasteiger partial charge on any atom is -0.331 e. The van der Waals surface area contributed by atoms with E-state index in [4.69, 9.17) is 4.98 Å². The van der Waals surface area contributed by atoms with Gasteiger partial charge in [-0.25, -0.2) is 14.4 Å². The first kappa shape index (κ1) is 20.6. The molecule has 9 heteroatoms. The highest BCUT2D eigenvalue weighted by atomic mass is 32.1. The number of carbonyl (C=O) groups is 1. The summed E-state index contributed by atoms with van der Waals surface area (Å²) in [6.07, 6.45) is 3.18. The number of thiazole rings is 1. The van der Waals surface area contributed by atoms with Crippen LogP contribution in [0.2, 0.25) is 0 Å². The van der Waals surface area contributed by atoms with Crippen LogP contribution in [0.4, 0.5) is 10.2 Å². The minimum atomic E-state index is -0.307. The molecule has 0 spiro atoms. The van der Waals surface area contributed by atoms with E-state index in [-0.39, 0.29) is 17.8 Å². The fourth-order valence-corrected chi connectivity index (χ4v) is 4.65. The Morgan fingerprint density at radius 3 is 2.63 bits per heavy atom. The molecule has 1 aromatic carbocycles. The predicted octanol–water partition coefficient (Wildman–Crippen LogP) is 3.13. The van der Waals surface area contributed by atoms with Gasteiger partial charge in [0, 0.05) is 32.2 Å². The number of H-pyrrole nitrogens is 1. The second kappa shape index (κ2) is 9.03. The molecule has 0 unspecified atom stereocenters. The van der Waals surface area contributed by atoms with Gasteiger partial charge in [-0.05, 0) is 31.5 Å². The van der Waals surface area contributed by atoms with Crippen LogP contribution in [-0.2, 0) is 6.54 Å². The number of amides is 1. The Labute approximate surface area is 179 Å². The lowest BCUT2D eigenvalue weighted by Crippen LogP contribution is -2.42. The highest BCUT2D eigenvalue weighted by Gasteiger charge is 2.28. The van der Waals surface area contributed by atoms with Crippen LogP contribution in [0.3, 0.4) is 0 Å². The minimum absolute atomic E-state index is 0.0858. The summed E-state index contributed by atoms with van der Waals surface area (Å²) in [6, 6.07) is 6.13. The van der Waals surface area contributed by atoms with Crippen molar-refractivity contribution < 1.29 is 9.18 Å². The summed E-state index contributed by atoms with van der Waals surface area (Å²) in [5, 5.41) is 4.23. The smallest absolute Gasteiger partial charge is 0.279 e. The van der Waals surface area contributed by atoms with E-state index in [0.29, 0.717) is 18.1 Å². The molecule has 0 aliphatic carbocycles. The van der Waals surface area contributed by atoms with Crippen molar-refractivity contribution in [3.05, 3.63) is 53.3 Å². The third kappa shape index (κ3) is 4.43. The summed E-state index contributed by atoms with van der Waals surface area (Å²) in [7, 11) is 0. The number of anilines is 1. The van der Waals surface area contributed by atoms with Gasteiger partial charge < -0.3 is 10.3 Å². The van der Waals surface area contributed by atoms with Crippen LogP contribution >= 0.6 is 11.3 Å². The molecule has 3 aromatic rings. The molecule has 1 aliphatic heterocycles. The topological polar surface area (TPSA) is 77.2 Å². The van der Waals surface area contributed by atoms with Crippen LogP contribution in [0.1, 0.15) is 29.3 Å². The lowest BCUT2D eigenvalue weighted by atomic mass is 10.1. The van der Waals surface area contributed by atoms with Gasteiger partial charge in [0.05, 0.1) is 23.9 Å². The fourth-order valence-electron chi connectivity index (χ4n) is 3.55. The second-order valence-corrected chi connectivity index (χ2v) is 8.61. The standard InChI is InChI=1S/C21H25FN6OS/c1-14(2)28(17-11-24-13-25-17)21(29)19-20(15-3-5-16(22)6-4-15)30-18(26-19)12-27-9-7-23-8-10-27/h3-6,11,13-14,23H,7-10,12H2,1-2H3,(H,24,25). The third-order valence-corrected chi connectivity index (χ3v) is 6.12. The van der Waals surface area contributed by atoms with Crippen LogP contribution in [-0.4, -0.2) is 58.0 Å². The van der Waals surface area contributed by atoms with E-state index in [2.05, 4.69) is 20.2 Å². The molecule has 0 radical (unpaired) electrons. The van der Waals surface area contributed by atoms with Crippen LogP contribution < -0.4 is 10.2 Å². The van der Waals surface area contributed by atoms with Gasteiger partial charge >= 0.3 is 0 Å². The Morgan fingerprint density at radius 2 is 2.00 bits per heavy atom. The molecule has 0 atom stereocenters. The number of piperazine rings is 1. The molecule has 4 rings (SSSR count). The highest BCUT2D eigenvalue weighted by molar-refractivity contribution is 7.15. The Hall–Kier alpha value is -2.62. The molecule has 2 N–H and O–H groups in total. The quantitative estimate of drug-likeness (QED) is 0.631. The number of aromatic amines is 1. The van der Waals surface area contributed by atoms with Crippen molar-refractivity contribution in [3.63, 3.8) is 0 Å². The Morgan fingerprint density at radius 1 is 1.27 bits per heavy atom. The molecule has 0 saturated carbocycles. The van der Waals surface area contributed by atoms with Gasteiger partial charge in [-0.1, -0.05) is 12.1 Å². The highest BCUT2D eigenvalue weighted by Crippen LogP contribution is 2.33. The predicted molar refractivity (Wildman–Crippen MR) is 116 cm³/mol. The number of nitrogens with zero attached hydrogens (tertiary/aromatic N) is 4. The largest absolute Gasteiger partial charge is 0.331 e. The van der Waals surface area contributed by atoms with E-state index < -0.39 is 0 Å². The molecule has 1 amide bonds. The molecule has 3 heterocycles. The zero-order valence-corrected chi connectivity index (χ0v) is 17.9. The molecule has 1 aliphatic rings. The molecule has 0 bridgehead atoms. The molecule has 2 aromatic heterocycles. The third-order valence-electron chi connectivity index (χ3n) is 5.03. The van der Waals surface area contributed by atoms with Gasteiger partial charge in [-0.15, -0.1) is 11.3 Å². The SMILES string of the molecule is CC(C)N(C(=O)c1nc(CN2CCNCC2)sc1-c1ccc(F)cc1)c1cnc[nH]1. The first-order chi connectivity index (χ1) is 14.5. The van der Waals surface area contributed by atoms with Crippen LogP contribution in [0.5, 0.6) is 0 Å². The van der Waals surface area contributed by atoms with Crippen molar-refractivity contribution >= 4 is 23.1 Å². The Bertz CT molecular complexity index is 980. The molecule has 30 heavy (non-hydrogen) atoms. The van der Waals surface area contributed by atoms with E-state index in [1.165, 1.54) is 23.5 Å². The van der Waals surface area contributed by atoms with Gasteiger partial charge in [-0.3, -0.25) is 14.6 Å². The first-order valence-electron chi connectivity index (χ1n) is 10.0. The normalized spacial score (nSPS) is 14.9. The summed E-state index contributed by atoms with van der Waals surface area (Å²) in [6.45, 7) is 8.38. The number of rotatable bonds is 6. The molecular weight excluding hydrogens is 403 g/mol. The maximum absolute atomic E-state index is 13.6. The first-order valence-corrected chi connectivity index (χ1v) is 10.8. The number of carbonyl (C=O) groups excluding carboxylic acids is 1. The summed E-state index contributed by atoms with van der Waals surface area (Å²) in [4.78, 5) is 30.1. The fraction of sp³-hybridized carbons (Fsp3) is 0.381. The van der Waals surface area contributed by atoms with E-state index in [0.717, 1.165) is 41.6 Å². The average molecular weight is 429 g/mol. The summed E-state index contributed by atoms with van der Waals surface area (Å²) in [5.74, 6) is 0.117. The van der Waals surface area contributed by atoms with Gasteiger partial charge in [0.1, 0.15) is 22.3 Å². The van der Waals surface area contributed by atoms with Gasteiger partial charge in [0.25, 0.3) is 5.91 Å². The van der Waals surface area contributed by atoms with Crippen molar-refractivity contribution in [1.29, 1.82) is 0 Å². The van der Waals surface area contributed by atoms with E-state index in [1.54, 1.807) is 29.6 Å². The van der Waals surface area contributed by atoms with Gasteiger partial charge in [0.15, 0.2) is 0 Å². The number of hydrogen-bond acceptors (Lipinski definition) is 6. The van der Waals surface area contributed by atoms with E-state index >= 15 is 0 Å². The van der Waals surface area contributed by atoms with Gasteiger partial charge in [0.2, 0.25) is 0 Å². The lowest BCUT2D eigenvalue weighted by Gasteiger charge is -2.26. The van der Waals surface area contributed by atoms with Crippen LogP contribution in [0.15, 0.2) is 36.8 Å². The van der Waals surface area contributed by atoms with E-state index in [9.17, 15) is 9.18 Å². The van der Waals surface area contributed by atoms with E-state index in [1.807, 2.05) is 13.8 Å². The van der Waals surface area contributed by atoms with Crippen LogP contribution in [0, 0.1) is 5.82 Å². The van der Waals surface area contributed by atoms with Gasteiger partial charge in [-0.2, -0.15) is 0 Å². The molecular formula is C21H25FN6OS. The number of benzene rings is 1. The van der Waals surface area contributed by atoms with Crippen molar-refractivity contribution in [1.82, 2.24) is 25.2 Å². The zero-order chi connectivity index (χ0) is 21.1. The Balaban J connectivity index is 1.72. The summed E-state index contributed by atoms with van der Waals surface area (Å²) in [5.41, 5.74) is 1.18. The lowest BCUT2D eigenvalue weighted by molar-refractivity contribution is 0.0975. The van der Waals surface area contributed by atoms with Crippen molar-refractivity contribution in [3.8, 4) is 10.4 Å². The zero-order valence-electron chi connectivity index (χ0n) is 17.1. The van der Waals surface area contributed by atoms with Crippen LogP contribution in [0.25, 0.3) is 10.4 Å². The second-order valence-electron chi connectivity index (χ2n) is 7.52. The molecule has 7 nitrogen and oxygen atoms in total. The molecule has 158 valence electrons.